The van der Waals surface area contributed by atoms with Gasteiger partial charge in [0.15, 0.2) is 4.67 Å². The van der Waals surface area contributed by atoms with E-state index in [4.69, 9.17) is 14.3 Å². The molecule has 8 heteroatoms. The highest BCUT2D eigenvalue weighted by atomic mass is 79.9. The van der Waals surface area contributed by atoms with Crippen molar-refractivity contribution in [2.45, 2.75) is 37.9 Å². The summed E-state index contributed by atoms with van der Waals surface area (Å²) in [6, 6.07) is 1.28. The smallest absolute Gasteiger partial charge is 0.245 e. The molecular formula is C11H18BrNO5S. The number of hydrogen-bond acceptors (Lipinski definition) is 5. The van der Waals surface area contributed by atoms with E-state index >= 15 is 0 Å². The van der Waals surface area contributed by atoms with Gasteiger partial charge >= 0.3 is 0 Å². The zero-order valence-electron chi connectivity index (χ0n) is 11.1. The fourth-order valence-electron chi connectivity index (χ4n) is 1.45. The minimum absolute atomic E-state index is 0.0381. The van der Waals surface area contributed by atoms with E-state index in [0.717, 1.165) is 0 Å². The van der Waals surface area contributed by atoms with E-state index in [9.17, 15) is 8.42 Å². The molecule has 0 aliphatic carbocycles. The van der Waals surface area contributed by atoms with Gasteiger partial charge in [-0.2, -0.15) is 0 Å². The van der Waals surface area contributed by atoms with Crippen LogP contribution in [0.5, 0.6) is 0 Å². The maximum absolute atomic E-state index is 12.1. The number of sulfonamides is 1. The summed E-state index contributed by atoms with van der Waals surface area (Å²) in [4.78, 5) is -0.0381. The van der Waals surface area contributed by atoms with Gasteiger partial charge in [0.05, 0.1) is 5.60 Å². The van der Waals surface area contributed by atoms with Crippen LogP contribution in [0.25, 0.3) is 0 Å². The molecule has 0 radical (unpaired) electrons. The Kier molecular flexibility index (Phi) is 5.57. The van der Waals surface area contributed by atoms with Crippen molar-refractivity contribution < 1.29 is 22.7 Å². The van der Waals surface area contributed by atoms with E-state index in [1.807, 2.05) is 6.92 Å². The van der Waals surface area contributed by atoms with E-state index in [1.54, 1.807) is 13.8 Å². The summed E-state index contributed by atoms with van der Waals surface area (Å²) in [5.74, 6) is 0.177. The average molecular weight is 356 g/mol. The van der Waals surface area contributed by atoms with Crippen LogP contribution in [-0.2, 0) is 21.4 Å². The van der Waals surface area contributed by atoms with E-state index in [-0.39, 0.29) is 28.5 Å². The third-order valence-electron chi connectivity index (χ3n) is 2.37. The second-order valence-electron chi connectivity index (χ2n) is 4.53. The zero-order valence-corrected chi connectivity index (χ0v) is 13.5. The van der Waals surface area contributed by atoms with Crippen molar-refractivity contribution in [3.8, 4) is 0 Å². The quantitative estimate of drug-likeness (QED) is 0.775. The minimum Gasteiger partial charge on any atom is -0.450 e. The number of halogens is 1. The SMILES string of the molecule is CCOC(C)(C)CNS(=O)(=O)c1cc(CO)oc1Br. The van der Waals surface area contributed by atoms with Gasteiger partial charge in [-0.3, -0.25) is 0 Å². The number of ether oxygens (including phenoxy) is 1. The Labute approximate surface area is 121 Å². The van der Waals surface area contributed by atoms with Gasteiger partial charge < -0.3 is 14.3 Å². The molecule has 0 bridgehead atoms. The van der Waals surface area contributed by atoms with Crippen LogP contribution in [0.3, 0.4) is 0 Å². The molecule has 1 aromatic rings. The van der Waals surface area contributed by atoms with Gasteiger partial charge in [-0.05, 0) is 36.7 Å². The van der Waals surface area contributed by atoms with Crippen molar-refractivity contribution in [2.24, 2.45) is 0 Å². The first-order valence-electron chi connectivity index (χ1n) is 5.74. The van der Waals surface area contributed by atoms with Gasteiger partial charge in [0.25, 0.3) is 0 Å². The van der Waals surface area contributed by atoms with Crippen molar-refractivity contribution in [1.29, 1.82) is 0 Å². The molecule has 110 valence electrons. The minimum atomic E-state index is -3.71. The maximum atomic E-state index is 12.1. The fraction of sp³-hybridized carbons (Fsp3) is 0.636. The lowest BCUT2D eigenvalue weighted by atomic mass is 10.1. The normalized spacial score (nSPS) is 12.9. The highest BCUT2D eigenvalue weighted by Gasteiger charge is 2.26. The van der Waals surface area contributed by atoms with Gasteiger partial charge in [-0.1, -0.05) is 0 Å². The Morgan fingerprint density at radius 3 is 2.63 bits per heavy atom. The monoisotopic (exact) mass is 355 g/mol. The van der Waals surface area contributed by atoms with E-state index < -0.39 is 15.6 Å². The summed E-state index contributed by atoms with van der Waals surface area (Å²) >= 11 is 3.02. The van der Waals surface area contributed by atoms with Crippen LogP contribution in [0.2, 0.25) is 0 Å². The van der Waals surface area contributed by atoms with Crippen LogP contribution in [0.15, 0.2) is 20.0 Å². The molecule has 1 rings (SSSR count). The van der Waals surface area contributed by atoms with E-state index in [0.29, 0.717) is 6.61 Å². The molecule has 0 saturated carbocycles. The Bertz CT molecular complexity index is 523. The van der Waals surface area contributed by atoms with Gasteiger partial charge in [0, 0.05) is 19.2 Å². The molecule has 1 heterocycles. The average Bonchev–Trinajstić information content (AvgIpc) is 2.69. The molecule has 0 aromatic carbocycles. The fourth-order valence-corrected chi connectivity index (χ4v) is 3.64. The number of rotatable bonds is 7. The summed E-state index contributed by atoms with van der Waals surface area (Å²) in [5.41, 5.74) is -0.599. The third kappa shape index (κ3) is 4.57. The molecule has 0 amide bonds. The molecule has 0 aliphatic heterocycles. The highest BCUT2D eigenvalue weighted by molar-refractivity contribution is 9.10. The van der Waals surface area contributed by atoms with Crippen molar-refractivity contribution in [3.05, 3.63) is 16.5 Å². The summed E-state index contributed by atoms with van der Waals surface area (Å²) in [7, 11) is -3.71. The van der Waals surface area contributed by atoms with Gasteiger partial charge in [0.1, 0.15) is 17.3 Å². The highest BCUT2D eigenvalue weighted by Crippen LogP contribution is 2.26. The Balaban J connectivity index is 2.84. The molecular weight excluding hydrogens is 338 g/mol. The molecule has 6 nitrogen and oxygen atoms in total. The lowest BCUT2D eigenvalue weighted by Gasteiger charge is -2.24. The van der Waals surface area contributed by atoms with Crippen LogP contribution in [-0.4, -0.2) is 32.3 Å². The predicted molar refractivity (Wildman–Crippen MR) is 73.2 cm³/mol. The number of aliphatic hydroxyl groups excluding tert-OH is 1. The first kappa shape index (κ1) is 16.6. The summed E-state index contributed by atoms with van der Waals surface area (Å²) in [5, 5.41) is 8.92. The van der Waals surface area contributed by atoms with Crippen LogP contribution < -0.4 is 4.72 Å². The van der Waals surface area contributed by atoms with Crippen molar-refractivity contribution >= 4 is 26.0 Å². The number of furan rings is 1. The van der Waals surface area contributed by atoms with Crippen molar-refractivity contribution in [2.75, 3.05) is 13.2 Å². The largest absolute Gasteiger partial charge is 0.450 e. The third-order valence-corrected chi connectivity index (χ3v) is 4.63. The van der Waals surface area contributed by atoms with Crippen molar-refractivity contribution in [1.82, 2.24) is 4.72 Å². The van der Waals surface area contributed by atoms with E-state index in [1.165, 1.54) is 6.07 Å². The summed E-state index contributed by atoms with van der Waals surface area (Å²) in [6.45, 7) is 5.70. The lowest BCUT2D eigenvalue weighted by molar-refractivity contribution is -0.00515. The molecule has 2 N–H and O–H groups in total. The molecule has 0 aliphatic rings. The van der Waals surface area contributed by atoms with E-state index in [2.05, 4.69) is 20.7 Å². The molecule has 1 aromatic heterocycles. The Morgan fingerprint density at radius 2 is 2.16 bits per heavy atom. The summed E-state index contributed by atoms with van der Waals surface area (Å²) < 4.78 is 37.2. The second-order valence-corrected chi connectivity index (χ2v) is 6.98. The van der Waals surface area contributed by atoms with Crippen LogP contribution in [0.4, 0.5) is 0 Å². The van der Waals surface area contributed by atoms with Crippen molar-refractivity contribution in [3.63, 3.8) is 0 Å². The Hall–Kier alpha value is -0.410. The molecule has 0 atom stereocenters. The van der Waals surface area contributed by atoms with Gasteiger partial charge in [-0.25, -0.2) is 13.1 Å². The first-order chi connectivity index (χ1) is 8.72. The van der Waals surface area contributed by atoms with Gasteiger partial charge in [0.2, 0.25) is 10.0 Å². The second kappa shape index (κ2) is 6.36. The lowest BCUT2D eigenvalue weighted by Crippen LogP contribution is -2.40. The number of aliphatic hydroxyl groups is 1. The standard InChI is InChI=1S/C11H18BrNO5S/c1-4-17-11(2,3)7-13-19(15,16)9-5-8(6-14)18-10(9)12/h5,13-14H,4,6-7H2,1-3H3. The Morgan fingerprint density at radius 1 is 1.53 bits per heavy atom. The number of hydrogen-bond donors (Lipinski definition) is 2. The zero-order chi connectivity index (χ0) is 14.7. The summed E-state index contributed by atoms with van der Waals surface area (Å²) in [6.07, 6.45) is 0. The number of nitrogens with one attached hydrogen (secondary N) is 1. The molecule has 0 fully saturated rings. The topological polar surface area (TPSA) is 88.8 Å². The molecule has 0 saturated heterocycles. The van der Waals surface area contributed by atoms with Crippen LogP contribution >= 0.6 is 15.9 Å². The molecule has 19 heavy (non-hydrogen) atoms. The van der Waals surface area contributed by atoms with Crippen LogP contribution in [0, 0.1) is 0 Å². The van der Waals surface area contributed by atoms with Gasteiger partial charge in [-0.15, -0.1) is 0 Å². The first-order valence-corrected chi connectivity index (χ1v) is 8.02. The van der Waals surface area contributed by atoms with Crippen LogP contribution in [0.1, 0.15) is 26.5 Å². The molecule has 0 spiro atoms. The molecule has 0 unspecified atom stereocenters. The maximum Gasteiger partial charge on any atom is 0.245 e. The predicted octanol–water partition coefficient (Wildman–Crippen LogP) is 1.63.